The zero-order chi connectivity index (χ0) is 12.3. The second-order valence-corrected chi connectivity index (χ2v) is 3.23. The van der Waals surface area contributed by atoms with E-state index in [1.165, 1.54) is 24.4 Å². The van der Waals surface area contributed by atoms with Gasteiger partial charge in [-0.2, -0.15) is 0 Å². The van der Waals surface area contributed by atoms with E-state index in [0.717, 1.165) is 12.1 Å². The molecule has 2 aromatic rings. The zero-order valence-corrected chi connectivity index (χ0v) is 9.49. The first kappa shape index (κ1) is 11.2. The fourth-order valence-electron chi connectivity index (χ4n) is 1.26. The lowest BCUT2D eigenvalue weighted by molar-refractivity contribution is 0.0587. The van der Waals surface area contributed by atoms with Crippen molar-refractivity contribution in [2.45, 2.75) is 13.3 Å². The van der Waals surface area contributed by atoms with Crippen molar-refractivity contribution in [1.29, 1.82) is 0 Å². The van der Waals surface area contributed by atoms with E-state index in [9.17, 15) is 4.79 Å². The van der Waals surface area contributed by atoms with E-state index in [2.05, 4.69) is 24.8 Å². The number of aromatic nitrogens is 5. The fourth-order valence-corrected chi connectivity index (χ4v) is 1.26. The van der Waals surface area contributed by atoms with Gasteiger partial charge < -0.3 is 4.74 Å². The maximum Gasteiger partial charge on any atom is 0.377 e. The smallest absolute Gasteiger partial charge is 0.377 e. The molecule has 2 rings (SSSR count). The molecule has 0 amide bonds. The van der Waals surface area contributed by atoms with Crippen LogP contribution in [0.2, 0.25) is 0 Å². The van der Waals surface area contributed by atoms with Crippen LogP contribution in [0.3, 0.4) is 0 Å². The minimum absolute atomic E-state index is 0.00385. The molecule has 2 aromatic heterocycles. The molecule has 7 nitrogen and oxygen atoms in total. The van der Waals surface area contributed by atoms with Crippen LogP contribution in [0.5, 0.6) is 0 Å². The van der Waals surface area contributed by atoms with Crippen molar-refractivity contribution in [3.8, 4) is 5.82 Å². The summed E-state index contributed by atoms with van der Waals surface area (Å²) in [4.78, 5) is 23.2. The third-order valence-electron chi connectivity index (χ3n) is 2.17. The van der Waals surface area contributed by atoms with E-state index in [1.807, 2.05) is 6.92 Å². The number of methoxy groups -OCH3 is 1. The number of esters is 1. The van der Waals surface area contributed by atoms with Gasteiger partial charge in [0.05, 0.1) is 7.11 Å². The van der Waals surface area contributed by atoms with Gasteiger partial charge in [0.25, 0.3) is 5.82 Å². The Morgan fingerprint density at radius 1 is 1.41 bits per heavy atom. The van der Waals surface area contributed by atoms with Crippen molar-refractivity contribution in [3.63, 3.8) is 0 Å². The number of aryl methyl sites for hydroxylation is 1. The maximum absolute atomic E-state index is 11.2. The summed E-state index contributed by atoms with van der Waals surface area (Å²) in [5.41, 5.74) is 0.894. The average molecular weight is 233 g/mol. The molecule has 0 aliphatic rings. The molecule has 0 aliphatic carbocycles. The van der Waals surface area contributed by atoms with Crippen molar-refractivity contribution in [2.75, 3.05) is 7.11 Å². The highest BCUT2D eigenvalue weighted by Gasteiger charge is 2.12. The summed E-state index contributed by atoms with van der Waals surface area (Å²) < 4.78 is 5.93. The van der Waals surface area contributed by atoms with Crippen LogP contribution in [-0.2, 0) is 11.2 Å². The molecular formula is C10H11N5O2. The van der Waals surface area contributed by atoms with Gasteiger partial charge in [-0.25, -0.2) is 24.4 Å². The lowest BCUT2D eigenvalue weighted by atomic mass is 10.3. The highest BCUT2D eigenvalue weighted by atomic mass is 16.5. The first-order valence-corrected chi connectivity index (χ1v) is 5.06. The monoisotopic (exact) mass is 233 g/mol. The summed E-state index contributed by atoms with van der Waals surface area (Å²) in [6.07, 6.45) is 3.66. The van der Waals surface area contributed by atoms with E-state index in [0.29, 0.717) is 5.82 Å². The largest absolute Gasteiger partial charge is 0.463 e. The summed E-state index contributed by atoms with van der Waals surface area (Å²) in [7, 11) is 1.28. The van der Waals surface area contributed by atoms with Crippen LogP contribution in [-0.4, -0.2) is 37.8 Å². The minimum atomic E-state index is -0.575. The Bertz CT molecular complexity index is 537. The summed E-state index contributed by atoms with van der Waals surface area (Å²) in [6.45, 7) is 1.99. The molecule has 2 heterocycles. The fraction of sp³-hybridized carbons (Fsp3) is 0.300. The van der Waals surface area contributed by atoms with E-state index in [-0.39, 0.29) is 5.82 Å². The molecule has 0 spiro atoms. The Morgan fingerprint density at radius 2 is 2.24 bits per heavy atom. The number of nitrogens with zero attached hydrogens (tertiary/aromatic N) is 5. The zero-order valence-electron chi connectivity index (χ0n) is 9.49. The maximum atomic E-state index is 11.2. The Morgan fingerprint density at radius 3 is 2.94 bits per heavy atom. The van der Waals surface area contributed by atoms with Gasteiger partial charge in [0.1, 0.15) is 12.7 Å². The predicted octanol–water partition coefficient (Wildman–Crippen LogP) is 0.406. The van der Waals surface area contributed by atoms with Gasteiger partial charge in [0, 0.05) is 11.8 Å². The van der Waals surface area contributed by atoms with Crippen LogP contribution in [0, 0.1) is 0 Å². The lowest BCUT2D eigenvalue weighted by Crippen LogP contribution is -2.06. The molecule has 0 saturated carbocycles. The van der Waals surface area contributed by atoms with Crippen molar-refractivity contribution in [1.82, 2.24) is 24.7 Å². The van der Waals surface area contributed by atoms with Crippen LogP contribution in [0.15, 0.2) is 18.7 Å². The van der Waals surface area contributed by atoms with Crippen molar-refractivity contribution < 1.29 is 9.53 Å². The van der Waals surface area contributed by atoms with Crippen molar-refractivity contribution in [2.24, 2.45) is 0 Å². The number of carbonyl (C=O) groups is 1. The van der Waals surface area contributed by atoms with Gasteiger partial charge in [0.15, 0.2) is 5.82 Å². The Labute approximate surface area is 97.5 Å². The van der Waals surface area contributed by atoms with E-state index in [1.54, 1.807) is 6.07 Å². The summed E-state index contributed by atoms with van der Waals surface area (Å²) in [5.74, 6) is -0.00261. The molecule has 0 aliphatic heterocycles. The van der Waals surface area contributed by atoms with E-state index in [4.69, 9.17) is 0 Å². The molecule has 0 atom stereocenters. The van der Waals surface area contributed by atoms with Gasteiger partial charge in [-0.15, -0.1) is 5.10 Å². The average Bonchev–Trinajstić information content (AvgIpc) is 2.87. The van der Waals surface area contributed by atoms with Crippen LogP contribution in [0.1, 0.15) is 23.2 Å². The Balaban J connectivity index is 2.33. The highest BCUT2D eigenvalue weighted by Crippen LogP contribution is 2.04. The van der Waals surface area contributed by atoms with Crippen LogP contribution in [0.4, 0.5) is 0 Å². The second kappa shape index (κ2) is 4.69. The summed E-state index contributed by atoms with van der Waals surface area (Å²) >= 11 is 0. The Kier molecular flexibility index (Phi) is 3.08. The third-order valence-corrected chi connectivity index (χ3v) is 2.17. The normalized spacial score (nSPS) is 10.2. The first-order valence-electron chi connectivity index (χ1n) is 5.06. The second-order valence-electron chi connectivity index (χ2n) is 3.23. The molecule has 17 heavy (non-hydrogen) atoms. The van der Waals surface area contributed by atoms with Crippen LogP contribution in [0.25, 0.3) is 5.82 Å². The summed E-state index contributed by atoms with van der Waals surface area (Å²) in [5, 5.41) is 3.97. The van der Waals surface area contributed by atoms with E-state index >= 15 is 0 Å². The number of hydrogen-bond donors (Lipinski definition) is 0. The number of carbonyl (C=O) groups excluding carboxylic acids is 1. The molecular weight excluding hydrogens is 222 g/mol. The molecule has 0 unspecified atom stereocenters. The summed E-state index contributed by atoms with van der Waals surface area (Å²) in [6, 6.07) is 1.79. The first-order chi connectivity index (χ1) is 8.24. The van der Waals surface area contributed by atoms with Gasteiger partial charge >= 0.3 is 5.97 Å². The molecule has 0 N–H and O–H groups in total. The highest BCUT2D eigenvalue weighted by molar-refractivity contribution is 5.84. The molecule has 88 valence electrons. The molecule has 0 radical (unpaired) electrons. The third kappa shape index (κ3) is 2.27. The lowest BCUT2D eigenvalue weighted by Gasteiger charge is -2.00. The molecule has 7 heteroatoms. The van der Waals surface area contributed by atoms with Crippen LogP contribution >= 0.6 is 0 Å². The minimum Gasteiger partial charge on any atom is -0.463 e. The van der Waals surface area contributed by atoms with Gasteiger partial charge in [-0.3, -0.25) is 0 Å². The quantitative estimate of drug-likeness (QED) is 0.714. The van der Waals surface area contributed by atoms with Crippen molar-refractivity contribution in [3.05, 3.63) is 30.2 Å². The van der Waals surface area contributed by atoms with Gasteiger partial charge in [0.2, 0.25) is 0 Å². The van der Waals surface area contributed by atoms with Gasteiger partial charge in [-0.1, -0.05) is 6.92 Å². The molecule has 0 saturated heterocycles. The van der Waals surface area contributed by atoms with Crippen LogP contribution < -0.4 is 0 Å². The number of ether oxygens (including phenoxy) is 1. The van der Waals surface area contributed by atoms with Crippen molar-refractivity contribution >= 4 is 5.97 Å². The topological polar surface area (TPSA) is 82.8 Å². The van der Waals surface area contributed by atoms with E-state index < -0.39 is 5.97 Å². The molecule has 0 aromatic carbocycles. The SMILES string of the molecule is CCc1cc(-n2cnc(C(=O)OC)n2)ncn1. The predicted molar refractivity (Wildman–Crippen MR) is 57.7 cm³/mol. The Hall–Kier alpha value is -2.31. The molecule has 0 fully saturated rings. The number of hydrogen-bond acceptors (Lipinski definition) is 6. The van der Waals surface area contributed by atoms with Gasteiger partial charge in [-0.05, 0) is 6.42 Å². The standard InChI is InChI=1S/C10H11N5O2/c1-3-7-4-8(12-5-11-7)15-6-13-9(14-15)10(16)17-2/h4-6H,3H2,1-2H3. The number of rotatable bonds is 3. The molecule has 0 bridgehead atoms.